The summed E-state index contributed by atoms with van der Waals surface area (Å²) in [5.41, 5.74) is 0. The van der Waals surface area contributed by atoms with Crippen molar-refractivity contribution >= 4 is 25.7 Å². The molecule has 0 aromatic heterocycles. The van der Waals surface area contributed by atoms with Crippen LogP contribution < -0.4 is 0 Å². The van der Waals surface area contributed by atoms with Crippen molar-refractivity contribution in [1.82, 2.24) is 0 Å². The second kappa shape index (κ2) is 5.37. The number of rotatable bonds is 6. The largest absolute Gasteiger partial charge is 0.481 e. The predicted molar refractivity (Wildman–Crippen MR) is 45.7 cm³/mol. The highest BCUT2D eigenvalue weighted by molar-refractivity contribution is 8.13. The summed E-state index contributed by atoms with van der Waals surface area (Å²) < 4.78 is 20.8. The van der Waals surface area contributed by atoms with E-state index in [4.69, 9.17) is 15.8 Å². The number of halogens is 1. The van der Waals surface area contributed by atoms with Gasteiger partial charge in [0.05, 0.1) is 5.75 Å². The number of hydrogen-bond acceptors (Lipinski definition) is 3. The average Bonchev–Trinajstić information content (AvgIpc) is 1.83. The van der Waals surface area contributed by atoms with Crippen molar-refractivity contribution in [2.75, 3.05) is 5.75 Å². The van der Waals surface area contributed by atoms with Gasteiger partial charge in [-0.05, 0) is 12.8 Å². The molecule has 0 aliphatic rings. The summed E-state index contributed by atoms with van der Waals surface area (Å²) in [6.45, 7) is 0. The maximum absolute atomic E-state index is 10.4. The van der Waals surface area contributed by atoms with E-state index in [-0.39, 0.29) is 12.2 Å². The fraction of sp³-hybridized carbons (Fsp3) is 0.833. The molecule has 0 saturated carbocycles. The Bertz CT molecular complexity index is 234. The van der Waals surface area contributed by atoms with Gasteiger partial charge in [0, 0.05) is 17.1 Å². The van der Waals surface area contributed by atoms with E-state index in [1.54, 1.807) is 0 Å². The minimum atomic E-state index is -3.40. The number of carboxylic acid groups (broad SMARTS) is 1. The van der Waals surface area contributed by atoms with E-state index in [9.17, 15) is 13.2 Å². The topological polar surface area (TPSA) is 71.4 Å². The number of carboxylic acids is 1. The van der Waals surface area contributed by atoms with E-state index < -0.39 is 15.0 Å². The van der Waals surface area contributed by atoms with Gasteiger partial charge in [0.25, 0.3) is 0 Å². The Morgan fingerprint density at radius 2 is 1.83 bits per heavy atom. The molecule has 4 nitrogen and oxygen atoms in total. The number of unbranched alkanes of at least 4 members (excludes halogenated alkanes) is 2. The zero-order valence-corrected chi connectivity index (χ0v) is 8.07. The summed E-state index contributed by atoms with van der Waals surface area (Å²) in [6.07, 6.45) is 1.60. The van der Waals surface area contributed by atoms with Gasteiger partial charge < -0.3 is 5.11 Å². The van der Waals surface area contributed by atoms with Crippen LogP contribution in [0.3, 0.4) is 0 Å². The Morgan fingerprint density at radius 1 is 1.25 bits per heavy atom. The SMILES string of the molecule is O=C(O)CCCCCS(=O)(=O)Cl. The van der Waals surface area contributed by atoms with E-state index in [2.05, 4.69) is 0 Å². The van der Waals surface area contributed by atoms with Gasteiger partial charge in [0.1, 0.15) is 0 Å². The maximum Gasteiger partial charge on any atom is 0.303 e. The first-order valence-electron chi connectivity index (χ1n) is 3.56. The van der Waals surface area contributed by atoms with Crippen LogP contribution in [0.25, 0.3) is 0 Å². The van der Waals surface area contributed by atoms with Crippen LogP contribution in [0.1, 0.15) is 25.7 Å². The highest BCUT2D eigenvalue weighted by Crippen LogP contribution is 2.05. The third-order valence-corrected chi connectivity index (χ3v) is 2.52. The fourth-order valence-electron chi connectivity index (χ4n) is 0.727. The van der Waals surface area contributed by atoms with Crippen molar-refractivity contribution in [3.05, 3.63) is 0 Å². The summed E-state index contributed by atoms with van der Waals surface area (Å²) in [7, 11) is 1.53. The van der Waals surface area contributed by atoms with Crippen LogP contribution in [0.5, 0.6) is 0 Å². The predicted octanol–water partition coefficient (Wildman–Crippen LogP) is 1.20. The fourth-order valence-corrected chi connectivity index (χ4v) is 1.60. The number of aliphatic carboxylic acids is 1. The van der Waals surface area contributed by atoms with Crippen molar-refractivity contribution in [2.45, 2.75) is 25.7 Å². The maximum atomic E-state index is 10.4. The Kier molecular flexibility index (Phi) is 5.24. The third-order valence-electron chi connectivity index (χ3n) is 1.28. The molecule has 0 aliphatic carbocycles. The lowest BCUT2D eigenvalue weighted by Crippen LogP contribution is -1.98. The van der Waals surface area contributed by atoms with E-state index in [0.717, 1.165) is 0 Å². The molecule has 12 heavy (non-hydrogen) atoms. The first-order valence-corrected chi connectivity index (χ1v) is 6.04. The second-order valence-corrected chi connectivity index (χ2v) is 5.34. The molecule has 0 rings (SSSR count). The molecule has 1 N–H and O–H groups in total. The lowest BCUT2D eigenvalue weighted by molar-refractivity contribution is -0.137. The van der Waals surface area contributed by atoms with Crippen LogP contribution in [0.4, 0.5) is 0 Å². The van der Waals surface area contributed by atoms with E-state index in [1.165, 1.54) is 0 Å². The van der Waals surface area contributed by atoms with Gasteiger partial charge in [-0.3, -0.25) is 4.79 Å². The third kappa shape index (κ3) is 9.71. The van der Waals surface area contributed by atoms with Gasteiger partial charge in [-0.25, -0.2) is 8.42 Å². The summed E-state index contributed by atoms with van der Waals surface area (Å²) in [4.78, 5) is 10.0. The Labute approximate surface area is 76.0 Å². The molecule has 0 fully saturated rings. The molecular formula is C6H11ClO4S. The molecule has 0 heterocycles. The molecule has 0 unspecified atom stereocenters. The summed E-state index contributed by atoms with van der Waals surface area (Å²) >= 11 is 0. The Hall–Kier alpha value is -0.290. The van der Waals surface area contributed by atoms with Gasteiger partial charge in [-0.2, -0.15) is 0 Å². The minimum absolute atomic E-state index is 0.0752. The normalized spacial score (nSPS) is 11.4. The highest BCUT2D eigenvalue weighted by atomic mass is 35.7. The van der Waals surface area contributed by atoms with E-state index in [0.29, 0.717) is 19.3 Å². The molecule has 0 bridgehead atoms. The van der Waals surface area contributed by atoms with Crippen LogP contribution in [0, 0.1) is 0 Å². The van der Waals surface area contributed by atoms with Crippen LogP contribution in [-0.2, 0) is 13.8 Å². The molecule has 0 saturated heterocycles. The average molecular weight is 215 g/mol. The zero-order chi connectivity index (χ0) is 9.61. The lowest BCUT2D eigenvalue weighted by atomic mass is 10.2. The van der Waals surface area contributed by atoms with Crippen LogP contribution in [0.15, 0.2) is 0 Å². The smallest absolute Gasteiger partial charge is 0.303 e. The van der Waals surface area contributed by atoms with Crippen molar-refractivity contribution in [2.24, 2.45) is 0 Å². The first-order chi connectivity index (χ1) is 5.42. The standard InChI is InChI=1S/C6H11ClO4S/c7-12(10,11)5-3-1-2-4-6(8)9/h1-5H2,(H,8,9). The molecule has 0 aliphatic heterocycles. The summed E-state index contributed by atoms with van der Waals surface area (Å²) in [5.74, 6) is -0.933. The molecular weight excluding hydrogens is 204 g/mol. The molecule has 72 valence electrons. The lowest BCUT2D eigenvalue weighted by Gasteiger charge is -1.95. The molecule has 0 spiro atoms. The van der Waals surface area contributed by atoms with Crippen LogP contribution in [0.2, 0.25) is 0 Å². The van der Waals surface area contributed by atoms with Crippen molar-refractivity contribution in [1.29, 1.82) is 0 Å². The van der Waals surface area contributed by atoms with E-state index >= 15 is 0 Å². The van der Waals surface area contributed by atoms with Gasteiger partial charge in [-0.15, -0.1) is 0 Å². The van der Waals surface area contributed by atoms with Crippen LogP contribution in [-0.4, -0.2) is 25.2 Å². The van der Waals surface area contributed by atoms with Crippen LogP contribution >= 0.6 is 10.7 Å². The molecule has 0 amide bonds. The number of hydrogen-bond donors (Lipinski definition) is 1. The van der Waals surface area contributed by atoms with Gasteiger partial charge in [0.2, 0.25) is 9.05 Å². The minimum Gasteiger partial charge on any atom is -0.481 e. The van der Waals surface area contributed by atoms with Crippen molar-refractivity contribution < 1.29 is 18.3 Å². The summed E-state index contributed by atoms with van der Waals surface area (Å²) in [5, 5.41) is 8.23. The quantitative estimate of drug-likeness (QED) is 0.533. The van der Waals surface area contributed by atoms with Crippen molar-refractivity contribution in [3.8, 4) is 0 Å². The highest BCUT2D eigenvalue weighted by Gasteiger charge is 2.04. The Morgan fingerprint density at radius 3 is 2.25 bits per heavy atom. The zero-order valence-electron chi connectivity index (χ0n) is 6.49. The second-order valence-electron chi connectivity index (χ2n) is 2.45. The first kappa shape index (κ1) is 11.7. The van der Waals surface area contributed by atoms with Gasteiger partial charge >= 0.3 is 5.97 Å². The van der Waals surface area contributed by atoms with Crippen molar-refractivity contribution in [3.63, 3.8) is 0 Å². The molecule has 6 heteroatoms. The van der Waals surface area contributed by atoms with E-state index in [1.807, 2.05) is 0 Å². The molecule has 0 aromatic carbocycles. The molecule has 0 aromatic rings. The van der Waals surface area contributed by atoms with Gasteiger partial charge in [-0.1, -0.05) is 6.42 Å². The number of carbonyl (C=O) groups is 1. The summed E-state index contributed by atoms with van der Waals surface area (Å²) in [6, 6.07) is 0. The monoisotopic (exact) mass is 214 g/mol. The molecule has 0 atom stereocenters. The molecule has 0 radical (unpaired) electrons. The Balaban J connectivity index is 3.29. The van der Waals surface area contributed by atoms with Gasteiger partial charge in [0.15, 0.2) is 0 Å².